The summed E-state index contributed by atoms with van der Waals surface area (Å²) < 4.78 is 19.8. The molecule has 112 valence electrons. The number of rotatable bonds is 5. The summed E-state index contributed by atoms with van der Waals surface area (Å²) in [5, 5.41) is 0. The number of nitrogens with zero attached hydrogens (tertiary/aromatic N) is 1. The fraction of sp³-hybridized carbons (Fsp3) is 0.625. The van der Waals surface area contributed by atoms with Crippen LogP contribution in [-0.2, 0) is 0 Å². The maximum atomic E-state index is 14.2. The first-order chi connectivity index (χ1) is 9.56. The van der Waals surface area contributed by atoms with E-state index in [1.165, 1.54) is 6.07 Å². The molecule has 1 atom stereocenters. The fourth-order valence-electron chi connectivity index (χ4n) is 2.48. The van der Waals surface area contributed by atoms with Gasteiger partial charge in [0.1, 0.15) is 11.6 Å². The van der Waals surface area contributed by atoms with Gasteiger partial charge in [0.15, 0.2) is 0 Å². The number of piperidine rings is 1. The molecule has 0 aliphatic carbocycles. The van der Waals surface area contributed by atoms with Gasteiger partial charge >= 0.3 is 0 Å². The fourth-order valence-corrected chi connectivity index (χ4v) is 2.48. The summed E-state index contributed by atoms with van der Waals surface area (Å²) in [4.78, 5) is 2.03. The van der Waals surface area contributed by atoms with Crippen molar-refractivity contribution in [1.82, 2.24) is 0 Å². The molecule has 2 rings (SSSR count). The zero-order valence-electron chi connectivity index (χ0n) is 12.4. The Morgan fingerprint density at radius 2 is 2.25 bits per heavy atom. The van der Waals surface area contributed by atoms with Gasteiger partial charge in [-0.2, -0.15) is 0 Å². The maximum Gasteiger partial charge on any atom is 0.150 e. The minimum Gasteiger partial charge on any atom is -0.493 e. The number of benzene rings is 1. The van der Waals surface area contributed by atoms with Crippen molar-refractivity contribution < 1.29 is 9.13 Å². The van der Waals surface area contributed by atoms with Gasteiger partial charge in [-0.1, -0.05) is 13.8 Å². The van der Waals surface area contributed by atoms with E-state index in [1.54, 1.807) is 6.07 Å². The van der Waals surface area contributed by atoms with Gasteiger partial charge in [0.05, 0.1) is 12.3 Å². The molecule has 1 fully saturated rings. The molecule has 0 saturated carbocycles. The monoisotopic (exact) mass is 280 g/mol. The van der Waals surface area contributed by atoms with E-state index < -0.39 is 0 Å². The quantitative estimate of drug-likeness (QED) is 0.900. The van der Waals surface area contributed by atoms with E-state index in [0.29, 0.717) is 24.0 Å². The van der Waals surface area contributed by atoms with Crippen LogP contribution in [0.1, 0.15) is 33.1 Å². The minimum absolute atomic E-state index is 0.144. The lowest BCUT2D eigenvalue weighted by Crippen LogP contribution is -2.43. The van der Waals surface area contributed by atoms with Crippen molar-refractivity contribution in [2.24, 2.45) is 11.7 Å². The van der Waals surface area contributed by atoms with E-state index in [-0.39, 0.29) is 11.9 Å². The molecular formula is C16H25FN2O. The average Bonchev–Trinajstić information content (AvgIpc) is 2.38. The lowest BCUT2D eigenvalue weighted by atomic mass is 10.1. The van der Waals surface area contributed by atoms with Crippen LogP contribution in [0.2, 0.25) is 0 Å². The van der Waals surface area contributed by atoms with Gasteiger partial charge in [-0.05, 0) is 37.3 Å². The molecule has 0 radical (unpaired) electrons. The van der Waals surface area contributed by atoms with Crippen molar-refractivity contribution >= 4 is 5.69 Å². The predicted molar refractivity (Wildman–Crippen MR) is 80.8 cm³/mol. The number of ether oxygens (including phenoxy) is 1. The third kappa shape index (κ3) is 4.10. The van der Waals surface area contributed by atoms with Crippen LogP contribution in [0.3, 0.4) is 0 Å². The van der Waals surface area contributed by atoms with Crippen LogP contribution in [0.25, 0.3) is 0 Å². The number of nitrogens with two attached hydrogens (primary N) is 1. The normalized spacial score (nSPS) is 19.4. The van der Waals surface area contributed by atoms with Crippen molar-refractivity contribution in [3.8, 4) is 5.75 Å². The summed E-state index contributed by atoms with van der Waals surface area (Å²) in [5.74, 6) is 0.975. The second-order valence-electron chi connectivity index (χ2n) is 5.99. The summed E-state index contributed by atoms with van der Waals surface area (Å²) in [6.07, 6.45) is 3.02. The predicted octanol–water partition coefficient (Wildman–Crippen LogP) is 3.18. The Morgan fingerprint density at radius 1 is 1.45 bits per heavy atom. The van der Waals surface area contributed by atoms with Crippen LogP contribution >= 0.6 is 0 Å². The van der Waals surface area contributed by atoms with Crippen LogP contribution in [0, 0.1) is 11.7 Å². The lowest BCUT2D eigenvalue weighted by molar-refractivity contribution is 0.288. The highest BCUT2D eigenvalue weighted by Gasteiger charge is 2.19. The summed E-state index contributed by atoms with van der Waals surface area (Å²) in [5.41, 5.74) is 6.58. The minimum atomic E-state index is -0.221. The smallest absolute Gasteiger partial charge is 0.150 e. The largest absolute Gasteiger partial charge is 0.493 e. The highest BCUT2D eigenvalue weighted by atomic mass is 19.1. The molecule has 20 heavy (non-hydrogen) atoms. The molecule has 0 amide bonds. The zero-order chi connectivity index (χ0) is 14.5. The van der Waals surface area contributed by atoms with Crippen LogP contribution < -0.4 is 15.4 Å². The first-order valence-corrected chi connectivity index (χ1v) is 7.49. The van der Waals surface area contributed by atoms with Gasteiger partial charge in [0.25, 0.3) is 0 Å². The van der Waals surface area contributed by atoms with Gasteiger partial charge in [-0.15, -0.1) is 0 Å². The Bertz CT molecular complexity index is 436. The Hall–Kier alpha value is -1.29. The molecule has 1 aromatic rings. The van der Waals surface area contributed by atoms with E-state index in [2.05, 4.69) is 13.8 Å². The van der Waals surface area contributed by atoms with E-state index in [1.807, 2.05) is 11.0 Å². The standard InChI is InChI=1S/C16H25FN2O/c1-12(2)7-9-20-14-5-6-16(15(17)10-14)19-8-3-4-13(18)11-19/h5-6,10,12-13H,3-4,7-9,11,18H2,1-2H3. The molecule has 3 nitrogen and oxygen atoms in total. The molecule has 1 aromatic carbocycles. The first-order valence-electron chi connectivity index (χ1n) is 7.49. The van der Waals surface area contributed by atoms with Crippen molar-refractivity contribution in [1.29, 1.82) is 0 Å². The molecule has 1 unspecified atom stereocenters. The Kier molecular flexibility index (Phi) is 5.24. The van der Waals surface area contributed by atoms with E-state index >= 15 is 0 Å². The Morgan fingerprint density at radius 3 is 2.90 bits per heavy atom. The van der Waals surface area contributed by atoms with Gasteiger partial charge in [0.2, 0.25) is 0 Å². The van der Waals surface area contributed by atoms with Crippen LogP contribution in [0.15, 0.2) is 18.2 Å². The summed E-state index contributed by atoms with van der Waals surface area (Å²) in [7, 11) is 0. The van der Waals surface area contributed by atoms with Crippen LogP contribution in [0.4, 0.5) is 10.1 Å². The molecule has 0 spiro atoms. The van der Waals surface area contributed by atoms with Gasteiger partial charge in [0, 0.05) is 25.2 Å². The Balaban J connectivity index is 1.98. The second kappa shape index (κ2) is 6.93. The van der Waals surface area contributed by atoms with Crippen molar-refractivity contribution in [3.63, 3.8) is 0 Å². The summed E-state index contributed by atoms with van der Waals surface area (Å²) in [6.45, 7) is 6.52. The highest BCUT2D eigenvalue weighted by molar-refractivity contribution is 5.51. The lowest BCUT2D eigenvalue weighted by Gasteiger charge is -2.32. The van der Waals surface area contributed by atoms with Crippen LogP contribution in [-0.4, -0.2) is 25.7 Å². The SMILES string of the molecule is CC(C)CCOc1ccc(N2CCCC(N)C2)c(F)c1. The first kappa shape index (κ1) is 15.1. The number of halogens is 1. The average molecular weight is 280 g/mol. The topological polar surface area (TPSA) is 38.5 Å². The summed E-state index contributed by atoms with van der Waals surface area (Å²) in [6, 6.07) is 5.28. The van der Waals surface area contributed by atoms with Gasteiger partial charge in [-0.3, -0.25) is 0 Å². The molecule has 4 heteroatoms. The van der Waals surface area contributed by atoms with Crippen molar-refractivity contribution in [2.45, 2.75) is 39.2 Å². The number of hydrogen-bond acceptors (Lipinski definition) is 3. The zero-order valence-corrected chi connectivity index (χ0v) is 12.4. The van der Waals surface area contributed by atoms with E-state index in [9.17, 15) is 4.39 Å². The van der Waals surface area contributed by atoms with Crippen molar-refractivity contribution in [2.75, 3.05) is 24.6 Å². The second-order valence-corrected chi connectivity index (χ2v) is 5.99. The third-order valence-electron chi connectivity index (χ3n) is 3.68. The third-order valence-corrected chi connectivity index (χ3v) is 3.68. The van der Waals surface area contributed by atoms with E-state index in [4.69, 9.17) is 10.5 Å². The van der Waals surface area contributed by atoms with Crippen molar-refractivity contribution in [3.05, 3.63) is 24.0 Å². The molecular weight excluding hydrogens is 255 g/mol. The summed E-state index contributed by atoms with van der Waals surface area (Å²) >= 11 is 0. The van der Waals surface area contributed by atoms with Crippen LogP contribution in [0.5, 0.6) is 5.75 Å². The molecule has 1 saturated heterocycles. The van der Waals surface area contributed by atoms with Gasteiger partial charge in [-0.25, -0.2) is 4.39 Å². The number of hydrogen-bond donors (Lipinski definition) is 1. The maximum absolute atomic E-state index is 14.2. The Labute approximate surface area is 120 Å². The molecule has 1 aliphatic heterocycles. The molecule has 0 bridgehead atoms. The number of anilines is 1. The van der Waals surface area contributed by atoms with Gasteiger partial charge < -0.3 is 15.4 Å². The molecule has 1 aliphatic rings. The molecule has 0 aromatic heterocycles. The highest BCUT2D eigenvalue weighted by Crippen LogP contribution is 2.26. The molecule has 1 heterocycles. The van der Waals surface area contributed by atoms with E-state index in [0.717, 1.165) is 32.4 Å². The molecule has 2 N–H and O–H groups in total.